The van der Waals surface area contributed by atoms with Crippen molar-refractivity contribution in [3.8, 4) is 0 Å². The summed E-state index contributed by atoms with van der Waals surface area (Å²) in [7, 11) is -3.62. The molecule has 0 saturated carbocycles. The molecule has 3 amide bonds. The number of benzene rings is 1. The summed E-state index contributed by atoms with van der Waals surface area (Å²) in [5.74, 6) is -2.51. The van der Waals surface area contributed by atoms with E-state index >= 15 is 0 Å². The van der Waals surface area contributed by atoms with Crippen LogP contribution in [-0.4, -0.2) is 90.5 Å². The van der Waals surface area contributed by atoms with Gasteiger partial charge in [-0.2, -0.15) is 0 Å². The summed E-state index contributed by atoms with van der Waals surface area (Å²) in [4.78, 5) is 57.2. The number of fused-ring (bicyclic) bond motifs is 4. The second kappa shape index (κ2) is 15.1. The maximum Gasteiger partial charge on any atom is 0.307 e. The Kier molecular flexibility index (Phi) is 11.5. The fourth-order valence-electron chi connectivity index (χ4n) is 5.40. The molecule has 3 N–H and O–H groups in total. The van der Waals surface area contributed by atoms with E-state index < -0.39 is 58.0 Å². The average Bonchev–Trinajstić information content (AvgIpc) is 3.01. The minimum absolute atomic E-state index is 0.109. The van der Waals surface area contributed by atoms with Crippen molar-refractivity contribution in [2.24, 2.45) is 5.92 Å². The first-order chi connectivity index (χ1) is 21.7. The molecule has 1 saturated heterocycles. The normalized spacial score (nSPS) is 25.9. The van der Waals surface area contributed by atoms with E-state index in [9.17, 15) is 27.6 Å². The number of nitrogens with zero attached hydrogens (tertiary/aromatic N) is 3. The lowest BCUT2D eigenvalue weighted by atomic mass is 10.1. The molecule has 4 atom stereocenters. The molecule has 4 rings (SSSR count). The predicted molar refractivity (Wildman–Crippen MR) is 173 cm³/mol. The molecule has 14 heteroatoms. The molecule has 2 aliphatic rings. The molecule has 46 heavy (non-hydrogen) atoms. The van der Waals surface area contributed by atoms with Gasteiger partial charge in [0.25, 0.3) is 11.8 Å². The van der Waals surface area contributed by atoms with Crippen LogP contribution in [0.15, 0.2) is 36.4 Å². The van der Waals surface area contributed by atoms with Crippen LogP contribution >= 0.6 is 0 Å². The molecule has 1 fully saturated rings. The molecule has 1 aromatic carbocycles. The van der Waals surface area contributed by atoms with Crippen LogP contribution in [0.4, 0.5) is 0 Å². The lowest BCUT2D eigenvalue weighted by Gasteiger charge is -2.35. The molecule has 13 nitrogen and oxygen atoms in total. The topological polar surface area (TPSA) is 167 Å². The van der Waals surface area contributed by atoms with Gasteiger partial charge < -0.3 is 15.4 Å². The molecule has 250 valence electrons. The van der Waals surface area contributed by atoms with Crippen molar-refractivity contribution in [3.05, 3.63) is 47.7 Å². The van der Waals surface area contributed by atoms with Crippen molar-refractivity contribution in [1.29, 1.82) is 0 Å². The fourth-order valence-corrected chi connectivity index (χ4v) is 6.26. The molecule has 5 bridgehead atoms. The van der Waals surface area contributed by atoms with Crippen molar-refractivity contribution in [2.75, 3.05) is 25.9 Å². The lowest BCUT2D eigenvalue weighted by molar-refractivity contribution is -0.159. The van der Waals surface area contributed by atoms with Gasteiger partial charge in [0.15, 0.2) is 6.10 Å². The quantitative estimate of drug-likeness (QED) is 0.410. The maximum atomic E-state index is 13.3. The number of hydrogen-bond acceptors (Lipinski definition) is 9. The number of nitrogens with one attached hydrogen (secondary N) is 3. The summed E-state index contributed by atoms with van der Waals surface area (Å²) in [6.45, 7) is 7.16. The van der Waals surface area contributed by atoms with Crippen LogP contribution in [0.2, 0.25) is 0 Å². The number of carbonyl (C=O) groups is 4. The predicted octanol–water partition coefficient (Wildman–Crippen LogP) is 2.05. The second-order valence-corrected chi connectivity index (χ2v) is 14.2. The summed E-state index contributed by atoms with van der Waals surface area (Å²) < 4.78 is 31.6. The van der Waals surface area contributed by atoms with Crippen LogP contribution in [0.5, 0.6) is 0 Å². The standard InChI is InChI=1S/C32H44N6O7S/c1-20(2)29-31(41)34-22(4)32(42)38-17-8-10-26(36-38)30(40)33-21(3)25-14-13-24-12-11-23(19-27(24)35-25)9-6-7-16-37(46(5,43)44)18-15-28(39)45-29/h6,9,11-14,19-22,26,29,36H,7-8,10,15-18H2,1-5H3,(H,33,40)(H,34,41)/b9-6+/t21-,22+,26+,29+/m1/s1. The van der Waals surface area contributed by atoms with Crippen LogP contribution in [0.3, 0.4) is 0 Å². The second-order valence-electron chi connectivity index (χ2n) is 12.2. The molecule has 2 aliphatic heterocycles. The van der Waals surface area contributed by atoms with E-state index in [4.69, 9.17) is 9.72 Å². The van der Waals surface area contributed by atoms with Crippen molar-refractivity contribution in [1.82, 2.24) is 30.4 Å². The van der Waals surface area contributed by atoms with Crippen LogP contribution in [0.25, 0.3) is 17.0 Å². The molecule has 0 unspecified atom stereocenters. The van der Waals surface area contributed by atoms with Crippen LogP contribution < -0.4 is 16.1 Å². The van der Waals surface area contributed by atoms with Gasteiger partial charge in [0.1, 0.15) is 12.1 Å². The third kappa shape index (κ3) is 9.10. The highest BCUT2D eigenvalue weighted by Gasteiger charge is 2.34. The summed E-state index contributed by atoms with van der Waals surface area (Å²) in [6.07, 6.45) is 4.87. The Hall–Kier alpha value is -3.88. The van der Waals surface area contributed by atoms with Crippen molar-refractivity contribution in [3.63, 3.8) is 0 Å². The Bertz CT molecular complexity index is 1590. The summed E-state index contributed by atoms with van der Waals surface area (Å²) in [5, 5.41) is 7.89. The fraction of sp³-hybridized carbons (Fsp3) is 0.531. The Labute approximate surface area is 270 Å². The number of esters is 1. The van der Waals surface area contributed by atoms with Crippen molar-refractivity contribution >= 4 is 50.7 Å². The van der Waals surface area contributed by atoms with E-state index in [1.54, 1.807) is 13.8 Å². The zero-order chi connectivity index (χ0) is 33.6. The number of sulfonamides is 1. The van der Waals surface area contributed by atoms with Crippen LogP contribution in [0, 0.1) is 5.92 Å². The molecule has 1 aromatic heterocycles. The average molecular weight is 657 g/mol. The molecule has 2 aromatic rings. The zero-order valence-electron chi connectivity index (χ0n) is 27.0. The van der Waals surface area contributed by atoms with Gasteiger partial charge in [-0.15, -0.1) is 0 Å². The number of rotatable bonds is 2. The minimum Gasteiger partial charge on any atom is -0.452 e. The van der Waals surface area contributed by atoms with Gasteiger partial charge in [-0.05, 0) is 56.7 Å². The third-order valence-electron chi connectivity index (χ3n) is 8.05. The highest BCUT2D eigenvalue weighted by molar-refractivity contribution is 7.88. The van der Waals surface area contributed by atoms with Gasteiger partial charge in [0.2, 0.25) is 15.9 Å². The number of ether oxygens (including phenoxy) is 1. The van der Waals surface area contributed by atoms with Crippen molar-refractivity contribution in [2.45, 2.75) is 77.6 Å². The molecule has 3 heterocycles. The van der Waals surface area contributed by atoms with Gasteiger partial charge in [-0.3, -0.25) is 29.2 Å². The number of carbonyl (C=O) groups excluding carboxylic acids is 4. The van der Waals surface area contributed by atoms with E-state index in [2.05, 4.69) is 16.1 Å². The highest BCUT2D eigenvalue weighted by atomic mass is 32.2. The number of aromatic nitrogens is 1. The molecular formula is C32H44N6O7S. The molecular weight excluding hydrogens is 612 g/mol. The van der Waals surface area contributed by atoms with E-state index in [1.807, 2.05) is 49.4 Å². The van der Waals surface area contributed by atoms with Gasteiger partial charge in [0, 0.05) is 25.0 Å². The minimum atomic E-state index is -3.62. The Morgan fingerprint density at radius 3 is 2.39 bits per heavy atom. The highest BCUT2D eigenvalue weighted by Crippen LogP contribution is 2.20. The smallest absolute Gasteiger partial charge is 0.307 e. The molecule has 0 radical (unpaired) electrons. The number of pyridine rings is 1. The number of cyclic esters (lactones) is 1. The first-order valence-corrected chi connectivity index (χ1v) is 17.5. The maximum absolute atomic E-state index is 13.3. The monoisotopic (exact) mass is 656 g/mol. The molecule has 0 spiro atoms. The SMILES string of the molecule is CC(C)[C@@H]1OC(=O)CCN(S(C)(=O)=O)CC/C=C/c2ccc3ccc(nc3c2)[C@@H](C)NC(=O)[C@@H]2CCCN(N2)C(=O)[C@H](C)NC1=O. The van der Waals surface area contributed by atoms with Crippen molar-refractivity contribution < 1.29 is 32.3 Å². The van der Waals surface area contributed by atoms with E-state index in [0.717, 1.165) is 22.7 Å². The zero-order valence-corrected chi connectivity index (χ0v) is 27.8. The number of amides is 3. The van der Waals surface area contributed by atoms with E-state index in [0.29, 0.717) is 31.5 Å². The number of hydrogen-bond donors (Lipinski definition) is 3. The van der Waals surface area contributed by atoms with Crippen LogP contribution in [0.1, 0.15) is 70.7 Å². The largest absolute Gasteiger partial charge is 0.452 e. The molecule has 0 aliphatic carbocycles. The number of hydrazine groups is 1. The van der Waals surface area contributed by atoms with Gasteiger partial charge >= 0.3 is 5.97 Å². The Morgan fingerprint density at radius 1 is 0.957 bits per heavy atom. The third-order valence-corrected chi connectivity index (χ3v) is 9.35. The first-order valence-electron chi connectivity index (χ1n) is 15.6. The van der Waals surface area contributed by atoms with E-state index in [-0.39, 0.29) is 25.4 Å². The Balaban J connectivity index is 1.61. The Morgan fingerprint density at radius 2 is 1.67 bits per heavy atom. The first kappa shape index (κ1) is 35.0. The van der Waals surface area contributed by atoms with Gasteiger partial charge in [-0.1, -0.05) is 44.2 Å². The van der Waals surface area contributed by atoms with Gasteiger partial charge in [0.05, 0.1) is 29.9 Å². The van der Waals surface area contributed by atoms with Gasteiger partial charge in [-0.25, -0.2) is 18.1 Å². The van der Waals surface area contributed by atoms with E-state index in [1.165, 1.54) is 16.2 Å². The van der Waals surface area contributed by atoms with Crippen LogP contribution in [-0.2, 0) is 33.9 Å². The summed E-state index contributed by atoms with van der Waals surface area (Å²) >= 11 is 0. The summed E-state index contributed by atoms with van der Waals surface area (Å²) in [6, 6.07) is 7.56. The lowest BCUT2D eigenvalue weighted by Crippen LogP contribution is -2.61. The summed E-state index contributed by atoms with van der Waals surface area (Å²) in [5.41, 5.74) is 5.29.